The van der Waals surface area contributed by atoms with Crippen LogP contribution in [0.3, 0.4) is 0 Å². The van der Waals surface area contributed by atoms with Crippen LogP contribution in [0.5, 0.6) is 5.75 Å². The zero-order chi connectivity index (χ0) is 25.5. The predicted molar refractivity (Wildman–Crippen MR) is 134 cm³/mol. The van der Waals surface area contributed by atoms with Gasteiger partial charge in [-0.05, 0) is 37.6 Å². The van der Waals surface area contributed by atoms with Crippen LogP contribution in [0.4, 0.5) is 5.69 Å². The van der Waals surface area contributed by atoms with Crippen molar-refractivity contribution in [2.75, 3.05) is 13.7 Å². The number of hydrogen-bond donors (Lipinski definition) is 1. The van der Waals surface area contributed by atoms with Gasteiger partial charge in [-0.3, -0.25) is 14.3 Å². The lowest BCUT2D eigenvalue weighted by molar-refractivity contribution is -0.145. The van der Waals surface area contributed by atoms with Crippen LogP contribution in [0, 0.1) is 12.8 Å². The van der Waals surface area contributed by atoms with Crippen LogP contribution in [-0.2, 0) is 22.6 Å². The van der Waals surface area contributed by atoms with Gasteiger partial charge in [-0.2, -0.15) is 0 Å². The number of carbonyl (C=O) groups is 1. The van der Waals surface area contributed by atoms with Gasteiger partial charge in [0.05, 0.1) is 31.9 Å². The smallest absolute Gasteiger partial charge is 0.335 e. The van der Waals surface area contributed by atoms with Gasteiger partial charge in [-0.1, -0.05) is 49.4 Å². The molecule has 0 saturated heterocycles. The highest BCUT2D eigenvalue weighted by molar-refractivity contribution is 5.71. The summed E-state index contributed by atoms with van der Waals surface area (Å²) in [4.78, 5) is 45.4. The number of methoxy groups -OCH3 is 1. The second-order valence-electron chi connectivity index (χ2n) is 8.11. The number of carbonyl (C=O) groups excluding carboxylic acids is 1. The molecule has 0 aliphatic heterocycles. The number of benzene rings is 2. The third-order valence-corrected chi connectivity index (χ3v) is 5.45. The summed E-state index contributed by atoms with van der Waals surface area (Å²) in [5, 5.41) is 0. The molecule has 1 N–H and O–H groups in total. The van der Waals surface area contributed by atoms with E-state index >= 15 is 0 Å². The normalized spacial score (nSPS) is 12.3. The Hall–Kier alpha value is -4.14. The molecule has 0 saturated carbocycles. The Kier molecular flexibility index (Phi) is 8.25. The SMILES string of the molecule is C=Cc1cc(/N=c2\[nH]c(=O)n(C[C@H](C)C(=O)OC)c(=O)n2Cc2ccc(C)cc2)ccc1OCC. The maximum atomic E-state index is 13.4. The molecular weight excluding hydrogens is 448 g/mol. The number of ether oxygens (including phenoxy) is 2. The minimum atomic E-state index is -0.685. The lowest BCUT2D eigenvalue weighted by Gasteiger charge is -2.14. The van der Waals surface area contributed by atoms with Crippen molar-refractivity contribution in [3.05, 3.63) is 92.3 Å². The van der Waals surface area contributed by atoms with Crippen molar-refractivity contribution in [3.8, 4) is 5.75 Å². The summed E-state index contributed by atoms with van der Waals surface area (Å²) in [6.45, 7) is 9.82. The third kappa shape index (κ3) is 6.06. The molecule has 0 aliphatic carbocycles. The molecule has 2 aromatic carbocycles. The summed E-state index contributed by atoms with van der Waals surface area (Å²) in [5.74, 6) is -0.535. The van der Waals surface area contributed by atoms with E-state index in [4.69, 9.17) is 9.47 Å². The Bertz CT molecular complexity index is 1400. The van der Waals surface area contributed by atoms with Crippen LogP contribution in [-0.4, -0.2) is 33.8 Å². The Morgan fingerprint density at radius 3 is 2.51 bits per heavy atom. The van der Waals surface area contributed by atoms with Crippen LogP contribution in [0.25, 0.3) is 6.08 Å². The van der Waals surface area contributed by atoms with Gasteiger partial charge in [0.25, 0.3) is 0 Å². The van der Waals surface area contributed by atoms with Crippen molar-refractivity contribution < 1.29 is 14.3 Å². The number of nitrogens with one attached hydrogen (secondary N) is 1. The van der Waals surface area contributed by atoms with Crippen molar-refractivity contribution >= 4 is 17.7 Å². The standard InChI is InChI=1S/C26H30N4O5/c1-6-20-14-21(12-13-22(20)35-7-2)27-24-28-25(32)30(15-18(4)23(31)34-5)26(33)29(24)16-19-10-8-17(3)9-11-19/h6,8-14,18H,1,7,15-16H2,2-5H3,(H,27,28,32)/t18-/m0/s1. The molecule has 1 heterocycles. The van der Waals surface area contributed by atoms with Gasteiger partial charge < -0.3 is 9.47 Å². The fourth-order valence-corrected chi connectivity index (χ4v) is 3.55. The second kappa shape index (κ2) is 11.3. The minimum absolute atomic E-state index is 0.0849. The summed E-state index contributed by atoms with van der Waals surface area (Å²) < 4.78 is 12.7. The summed E-state index contributed by atoms with van der Waals surface area (Å²) >= 11 is 0. The van der Waals surface area contributed by atoms with Crippen LogP contribution >= 0.6 is 0 Å². The largest absolute Gasteiger partial charge is 0.493 e. The van der Waals surface area contributed by atoms with Crippen molar-refractivity contribution in [1.29, 1.82) is 0 Å². The second-order valence-corrected chi connectivity index (χ2v) is 8.11. The molecule has 9 nitrogen and oxygen atoms in total. The number of aryl methyl sites for hydroxylation is 1. The first-order valence-corrected chi connectivity index (χ1v) is 11.3. The number of hydrogen-bond acceptors (Lipinski definition) is 6. The van der Waals surface area contributed by atoms with Crippen LogP contribution in [0.15, 0.2) is 63.6 Å². The average molecular weight is 479 g/mol. The third-order valence-electron chi connectivity index (χ3n) is 5.45. The first kappa shape index (κ1) is 25.5. The lowest BCUT2D eigenvalue weighted by atomic mass is 10.1. The molecule has 9 heteroatoms. The topological polar surface area (TPSA) is 108 Å². The minimum Gasteiger partial charge on any atom is -0.493 e. The molecule has 3 aromatic rings. The van der Waals surface area contributed by atoms with Crippen LogP contribution in [0.1, 0.15) is 30.5 Å². The molecular formula is C26H30N4O5. The Morgan fingerprint density at radius 2 is 1.89 bits per heavy atom. The molecule has 0 bridgehead atoms. The first-order chi connectivity index (χ1) is 16.8. The summed E-state index contributed by atoms with van der Waals surface area (Å²) in [6.07, 6.45) is 1.65. The van der Waals surface area contributed by atoms with E-state index in [9.17, 15) is 14.4 Å². The zero-order valence-corrected chi connectivity index (χ0v) is 20.4. The Balaban J connectivity index is 2.18. The molecule has 0 radical (unpaired) electrons. The van der Waals surface area contributed by atoms with Gasteiger partial charge in [0.15, 0.2) is 0 Å². The van der Waals surface area contributed by atoms with E-state index < -0.39 is 23.3 Å². The number of aromatic amines is 1. The monoisotopic (exact) mass is 478 g/mol. The summed E-state index contributed by atoms with van der Waals surface area (Å²) in [6, 6.07) is 13.0. The highest BCUT2D eigenvalue weighted by Gasteiger charge is 2.18. The van der Waals surface area contributed by atoms with Gasteiger partial charge in [0, 0.05) is 12.1 Å². The molecule has 35 heavy (non-hydrogen) atoms. The Morgan fingerprint density at radius 1 is 1.17 bits per heavy atom. The highest BCUT2D eigenvalue weighted by atomic mass is 16.5. The van der Waals surface area contributed by atoms with Crippen molar-refractivity contribution in [2.24, 2.45) is 10.9 Å². The quantitative estimate of drug-likeness (QED) is 0.476. The van der Waals surface area contributed by atoms with Crippen molar-refractivity contribution in [2.45, 2.75) is 33.9 Å². The van der Waals surface area contributed by atoms with E-state index in [0.717, 1.165) is 21.3 Å². The molecule has 1 aromatic heterocycles. The van der Waals surface area contributed by atoms with Gasteiger partial charge in [-0.25, -0.2) is 19.1 Å². The fourth-order valence-electron chi connectivity index (χ4n) is 3.55. The molecule has 1 atom stereocenters. The molecule has 0 unspecified atom stereocenters. The predicted octanol–water partition coefficient (Wildman–Crippen LogP) is 2.78. The Labute approximate surface area is 203 Å². The number of nitrogens with zero attached hydrogens (tertiary/aromatic N) is 3. The number of rotatable bonds is 9. The van der Waals surface area contributed by atoms with E-state index in [1.807, 2.05) is 38.1 Å². The van der Waals surface area contributed by atoms with E-state index in [1.165, 1.54) is 11.7 Å². The van der Waals surface area contributed by atoms with E-state index in [-0.39, 0.29) is 18.7 Å². The zero-order valence-electron chi connectivity index (χ0n) is 20.4. The van der Waals surface area contributed by atoms with Crippen molar-refractivity contribution in [3.63, 3.8) is 0 Å². The summed E-state index contributed by atoms with van der Waals surface area (Å²) in [7, 11) is 1.26. The fraction of sp³-hybridized carbons (Fsp3) is 0.308. The van der Waals surface area contributed by atoms with Gasteiger partial charge in [0.2, 0.25) is 5.62 Å². The molecule has 0 spiro atoms. The number of aromatic nitrogens is 3. The molecule has 184 valence electrons. The van der Waals surface area contributed by atoms with E-state index in [0.29, 0.717) is 18.0 Å². The highest BCUT2D eigenvalue weighted by Crippen LogP contribution is 2.25. The maximum Gasteiger partial charge on any atom is 0.335 e. The van der Waals surface area contributed by atoms with Crippen molar-refractivity contribution in [1.82, 2.24) is 14.1 Å². The molecule has 0 amide bonds. The van der Waals surface area contributed by atoms with Crippen LogP contribution in [0.2, 0.25) is 0 Å². The number of H-pyrrole nitrogens is 1. The van der Waals surface area contributed by atoms with Gasteiger partial charge >= 0.3 is 17.3 Å². The maximum absolute atomic E-state index is 13.4. The lowest BCUT2D eigenvalue weighted by Crippen LogP contribution is -2.51. The summed E-state index contributed by atoms with van der Waals surface area (Å²) in [5.41, 5.74) is 2.02. The van der Waals surface area contributed by atoms with Gasteiger partial charge in [0.1, 0.15) is 5.75 Å². The molecule has 0 aliphatic rings. The van der Waals surface area contributed by atoms with E-state index in [1.54, 1.807) is 31.2 Å². The van der Waals surface area contributed by atoms with Crippen LogP contribution < -0.4 is 21.7 Å². The number of esters is 1. The van der Waals surface area contributed by atoms with Gasteiger partial charge in [-0.15, -0.1) is 0 Å². The van der Waals surface area contributed by atoms with E-state index in [2.05, 4.69) is 16.6 Å². The molecule has 0 fully saturated rings. The molecule has 3 rings (SSSR count). The average Bonchev–Trinajstić information content (AvgIpc) is 2.85. The first-order valence-electron chi connectivity index (χ1n) is 11.3.